The number of alkyl halides is 3. The van der Waals surface area contributed by atoms with Gasteiger partial charge in [-0.15, -0.1) is 0 Å². The van der Waals surface area contributed by atoms with E-state index in [-0.39, 0.29) is 16.3 Å². The van der Waals surface area contributed by atoms with Crippen LogP contribution in [-0.2, 0) is 6.18 Å². The van der Waals surface area contributed by atoms with E-state index in [1.807, 2.05) is 0 Å². The van der Waals surface area contributed by atoms with E-state index in [1.165, 1.54) is 12.1 Å². The van der Waals surface area contributed by atoms with Gasteiger partial charge in [-0.05, 0) is 30.3 Å². The van der Waals surface area contributed by atoms with Crippen LogP contribution in [0.2, 0.25) is 5.02 Å². The fourth-order valence-corrected chi connectivity index (χ4v) is 2.60. The highest BCUT2D eigenvalue weighted by molar-refractivity contribution is 6.33. The number of hydrogen-bond donors (Lipinski definition) is 3. The van der Waals surface area contributed by atoms with Crippen molar-refractivity contribution in [3.05, 3.63) is 81.1 Å². The zero-order valence-corrected chi connectivity index (χ0v) is 16.0. The Kier molecular flexibility index (Phi) is 6.20. The van der Waals surface area contributed by atoms with E-state index in [0.717, 1.165) is 18.5 Å². The average Bonchev–Trinajstić information content (AvgIpc) is 2.73. The summed E-state index contributed by atoms with van der Waals surface area (Å²) in [4.78, 5) is 30.3. The van der Waals surface area contributed by atoms with E-state index in [9.17, 15) is 28.1 Å². The molecule has 0 aliphatic rings. The molecule has 0 aliphatic heterocycles. The molecule has 0 unspecified atom stereocenters. The van der Waals surface area contributed by atoms with Crippen LogP contribution in [-0.4, -0.2) is 20.8 Å². The fourth-order valence-electron chi connectivity index (χ4n) is 2.44. The van der Waals surface area contributed by atoms with Crippen LogP contribution in [0.4, 0.5) is 36.2 Å². The lowest BCUT2D eigenvalue weighted by molar-refractivity contribution is -0.383. The van der Waals surface area contributed by atoms with Crippen molar-refractivity contribution >= 4 is 40.5 Å². The molecule has 2 aromatic carbocycles. The summed E-state index contributed by atoms with van der Waals surface area (Å²) in [6.45, 7) is 0. The minimum Gasteiger partial charge on any atom is -0.333 e. The van der Waals surface area contributed by atoms with Crippen molar-refractivity contribution in [2.75, 3.05) is 10.7 Å². The Morgan fingerprint density at radius 3 is 2.39 bits per heavy atom. The summed E-state index contributed by atoms with van der Waals surface area (Å²) in [5.41, 5.74) is 2.88. The van der Waals surface area contributed by atoms with Crippen LogP contribution >= 0.6 is 11.6 Å². The van der Waals surface area contributed by atoms with Gasteiger partial charge in [0.25, 0.3) is 5.91 Å². The van der Waals surface area contributed by atoms with Gasteiger partial charge in [0.15, 0.2) is 0 Å². The van der Waals surface area contributed by atoms with Gasteiger partial charge < -0.3 is 5.32 Å². The van der Waals surface area contributed by atoms with E-state index < -0.39 is 39.9 Å². The number of hydrogen-bond acceptors (Lipinski definition) is 7. The van der Waals surface area contributed by atoms with Crippen molar-refractivity contribution < 1.29 is 22.9 Å². The van der Waals surface area contributed by atoms with E-state index in [2.05, 4.69) is 26.1 Å². The van der Waals surface area contributed by atoms with Crippen molar-refractivity contribution in [2.24, 2.45) is 0 Å². The van der Waals surface area contributed by atoms with E-state index in [1.54, 1.807) is 18.2 Å². The minimum absolute atomic E-state index is 0.118. The Labute approximate surface area is 177 Å². The third-order valence-corrected chi connectivity index (χ3v) is 4.21. The molecule has 31 heavy (non-hydrogen) atoms. The van der Waals surface area contributed by atoms with Crippen LogP contribution in [0.5, 0.6) is 0 Å². The first-order valence-electron chi connectivity index (χ1n) is 8.41. The highest BCUT2D eigenvalue weighted by Gasteiger charge is 2.31. The molecule has 0 bridgehead atoms. The topological polar surface area (TPSA) is 122 Å². The maximum absolute atomic E-state index is 13.0. The summed E-state index contributed by atoms with van der Waals surface area (Å²) in [6, 6.07) is 10.5. The van der Waals surface area contributed by atoms with Crippen LogP contribution in [0.1, 0.15) is 15.9 Å². The number of amides is 1. The summed E-state index contributed by atoms with van der Waals surface area (Å²) in [6.07, 6.45) is -3.72. The Hall–Kier alpha value is -3.93. The Bertz CT molecular complexity index is 1130. The molecule has 0 fully saturated rings. The molecule has 160 valence electrons. The lowest BCUT2D eigenvalue weighted by Gasteiger charge is -2.13. The lowest BCUT2D eigenvalue weighted by atomic mass is 10.2. The standard InChI is InChI=1S/C18H12ClF3N6O3/c19-12-7-6-11(18(20,21)22)8-13(12)25-15-14(28(30)31)16(24-9-23-15)26-27-17(29)10-4-2-1-3-5-10/h1-9H,(H,27,29)(H2,23,24,25,26). The fraction of sp³-hybridized carbons (Fsp3) is 0.0556. The number of nitrogens with zero attached hydrogens (tertiary/aromatic N) is 3. The van der Waals surface area contributed by atoms with Crippen molar-refractivity contribution in [2.45, 2.75) is 6.18 Å². The molecule has 0 radical (unpaired) electrons. The summed E-state index contributed by atoms with van der Waals surface area (Å²) in [5, 5.41) is 13.9. The Balaban J connectivity index is 1.89. The normalized spacial score (nSPS) is 11.0. The maximum atomic E-state index is 13.0. The Morgan fingerprint density at radius 2 is 1.74 bits per heavy atom. The third-order valence-electron chi connectivity index (χ3n) is 3.88. The Morgan fingerprint density at radius 1 is 1.06 bits per heavy atom. The SMILES string of the molecule is O=C(NNc1ncnc(Nc2cc(C(F)(F)F)ccc2Cl)c1[N+](=O)[O-])c1ccccc1. The van der Waals surface area contributed by atoms with E-state index in [0.29, 0.717) is 6.07 Å². The summed E-state index contributed by atoms with van der Waals surface area (Å²) < 4.78 is 38.9. The highest BCUT2D eigenvalue weighted by Crippen LogP contribution is 2.37. The second-order valence-electron chi connectivity index (χ2n) is 5.94. The molecule has 0 atom stereocenters. The number of aromatic nitrogens is 2. The van der Waals surface area contributed by atoms with Crippen LogP contribution in [0.3, 0.4) is 0 Å². The molecule has 1 aromatic heterocycles. The van der Waals surface area contributed by atoms with Gasteiger partial charge in [-0.1, -0.05) is 29.8 Å². The minimum atomic E-state index is -4.65. The van der Waals surface area contributed by atoms with Crippen molar-refractivity contribution in [1.29, 1.82) is 0 Å². The molecule has 0 aliphatic carbocycles. The second kappa shape index (κ2) is 8.83. The molecule has 0 saturated carbocycles. The molecule has 3 aromatic rings. The largest absolute Gasteiger partial charge is 0.416 e. The number of hydrazine groups is 1. The molecule has 9 nitrogen and oxygen atoms in total. The van der Waals surface area contributed by atoms with Crippen LogP contribution < -0.4 is 16.2 Å². The average molecular weight is 453 g/mol. The van der Waals surface area contributed by atoms with Gasteiger partial charge in [0.1, 0.15) is 6.33 Å². The predicted molar refractivity (Wildman–Crippen MR) is 106 cm³/mol. The quantitative estimate of drug-likeness (QED) is 0.370. The summed E-state index contributed by atoms with van der Waals surface area (Å²) in [5.74, 6) is -1.42. The molecule has 3 N–H and O–H groups in total. The van der Waals surface area contributed by atoms with E-state index in [4.69, 9.17) is 11.6 Å². The summed E-state index contributed by atoms with van der Waals surface area (Å²) >= 11 is 5.92. The maximum Gasteiger partial charge on any atom is 0.416 e. The first kappa shape index (κ1) is 21.8. The van der Waals surface area contributed by atoms with E-state index >= 15 is 0 Å². The third kappa shape index (κ3) is 5.17. The van der Waals surface area contributed by atoms with Crippen molar-refractivity contribution in [3.8, 4) is 0 Å². The number of anilines is 3. The molecule has 1 heterocycles. The van der Waals surface area contributed by atoms with Gasteiger partial charge in [-0.2, -0.15) is 13.2 Å². The monoisotopic (exact) mass is 452 g/mol. The van der Waals surface area contributed by atoms with Crippen molar-refractivity contribution in [3.63, 3.8) is 0 Å². The van der Waals surface area contributed by atoms with Crippen LogP contribution in [0, 0.1) is 10.1 Å². The number of benzene rings is 2. The predicted octanol–water partition coefficient (Wildman–Crippen LogP) is 4.56. The second-order valence-corrected chi connectivity index (χ2v) is 6.35. The first-order valence-corrected chi connectivity index (χ1v) is 8.79. The molecular weight excluding hydrogens is 441 g/mol. The lowest BCUT2D eigenvalue weighted by Crippen LogP contribution is -2.30. The molecule has 0 spiro atoms. The number of rotatable bonds is 6. The van der Waals surface area contributed by atoms with Crippen LogP contribution in [0.25, 0.3) is 0 Å². The smallest absolute Gasteiger partial charge is 0.333 e. The number of carbonyl (C=O) groups is 1. The van der Waals surface area contributed by atoms with Gasteiger partial charge in [-0.3, -0.25) is 25.8 Å². The molecule has 0 saturated heterocycles. The van der Waals surface area contributed by atoms with Crippen LogP contribution in [0.15, 0.2) is 54.9 Å². The molecule has 3 rings (SSSR count). The van der Waals surface area contributed by atoms with Gasteiger partial charge in [-0.25, -0.2) is 9.97 Å². The number of nitrogens with one attached hydrogen (secondary N) is 3. The summed E-state index contributed by atoms with van der Waals surface area (Å²) in [7, 11) is 0. The number of nitro groups is 1. The first-order chi connectivity index (χ1) is 14.7. The van der Waals surface area contributed by atoms with Gasteiger partial charge in [0, 0.05) is 5.56 Å². The zero-order chi connectivity index (χ0) is 22.6. The molecule has 13 heteroatoms. The molecular formula is C18H12ClF3N6O3. The number of halogens is 4. The van der Waals surface area contributed by atoms with Gasteiger partial charge >= 0.3 is 11.9 Å². The number of carbonyl (C=O) groups excluding carboxylic acids is 1. The van der Waals surface area contributed by atoms with Gasteiger partial charge in [0.05, 0.1) is 21.2 Å². The van der Waals surface area contributed by atoms with Crippen molar-refractivity contribution in [1.82, 2.24) is 15.4 Å². The molecule has 1 amide bonds. The zero-order valence-electron chi connectivity index (χ0n) is 15.3. The highest BCUT2D eigenvalue weighted by atomic mass is 35.5. The van der Waals surface area contributed by atoms with Gasteiger partial charge in [0.2, 0.25) is 11.6 Å².